The van der Waals surface area contributed by atoms with E-state index >= 15 is 0 Å². The van der Waals surface area contributed by atoms with Crippen molar-refractivity contribution in [3.63, 3.8) is 0 Å². The van der Waals surface area contributed by atoms with Crippen molar-refractivity contribution >= 4 is 11.9 Å². The van der Waals surface area contributed by atoms with E-state index in [0.29, 0.717) is 25.0 Å². The van der Waals surface area contributed by atoms with E-state index in [0.717, 1.165) is 12.8 Å². The Labute approximate surface area is 191 Å². The van der Waals surface area contributed by atoms with Gasteiger partial charge in [0.15, 0.2) is 0 Å². The zero-order valence-electron chi connectivity index (χ0n) is 20.2. The van der Waals surface area contributed by atoms with Crippen molar-refractivity contribution in [1.29, 1.82) is 0 Å². The van der Waals surface area contributed by atoms with Gasteiger partial charge in [0, 0.05) is 26.6 Å². The molecular formula is C26H47NO4. The molecule has 5 nitrogen and oxygen atoms in total. The first-order valence-corrected chi connectivity index (χ1v) is 12.3. The smallest absolute Gasteiger partial charge is 0.329 e. The van der Waals surface area contributed by atoms with Crippen molar-refractivity contribution in [2.45, 2.75) is 109 Å². The van der Waals surface area contributed by atoms with Crippen LogP contribution in [0.15, 0.2) is 24.8 Å². The number of hydrogen-bond donors (Lipinski definition) is 1. The first kappa shape index (κ1) is 29.4. The lowest BCUT2D eigenvalue weighted by Gasteiger charge is -2.17. The fourth-order valence-corrected chi connectivity index (χ4v) is 3.38. The summed E-state index contributed by atoms with van der Waals surface area (Å²) in [4.78, 5) is 24.4. The molecule has 0 aromatic carbocycles. The molecule has 1 N–H and O–H groups in total. The summed E-state index contributed by atoms with van der Waals surface area (Å²) in [6.07, 6.45) is 18.9. The number of nitrogens with one attached hydrogen (secondary N) is 1. The van der Waals surface area contributed by atoms with E-state index in [4.69, 9.17) is 9.47 Å². The highest BCUT2D eigenvalue weighted by molar-refractivity contribution is 5.84. The van der Waals surface area contributed by atoms with Crippen LogP contribution in [0.1, 0.15) is 103 Å². The van der Waals surface area contributed by atoms with Gasteiger partial charge in [0.1, 0.15) is 12.6 Å². The number of amides is 1. The van der Waals surface area contributed by atoms with Gasteiger partial charge < -0.3 is 14.8 Å². The molecule has 1 atom stereocenters. The maximum atomic E-state index is 12.2. The SMILES string of the molecule is C=CC(=C)COC(=O)C(CCOC)NC(=O)CCCCCCCCCCCCCCC. The predicted octanol–water partition coefficient (Wildman–Crippen LogP) is 6.27. The van der Waals surface area contributed by atoms with Crippen LogP contribution in [-0.4, -0.2) is 38.2 Å². The number of methoxy groups -OCH3 is 1. The predicted molar refractivity (Wildman–Crippen MR) is 129 cm³/mol. The van der Waals surface area contributed by atoms with Crippen LogP contribution >= 0.6 is 0 Å². The highest BCUT2D eigenvalue weighted by Crippen LogP contribution is 2.13. The number of rotatable bonds is 22. The lowest BCUT2D eigenvalue weighted by Crippen LogP contribution is -2.42. The fourth-order valence-electron chi connectivity index (χ4n) is 3.38. The second-order valence-electron chi connectivity index (χ2n) is 8.36. The minimum atomic E-state index is -0.688. The Balaban J connectivity index is 3.81. The van der Waals surface area contributed by atoms with Gasteiger partial charge in [-0.3, -0.25) is 4.79 Å². The van der Waals surface area contributed by atoms with Gasteiger partial charge in [-0.2, -0.15) is 0 Å². The van der Waals surface area contributed by atoms with Crippen LogP contribution < -0.4 is 5.32 Å². The van der Waals surface area contributed by atoms with Crippen molar-refractivity contribution in [1.82, 2.24) is 5.32 Å². The molecule has 0 bridgehead atoms. The summed E-state index contributed by atoms with van der Waals surface area (Å²) >= 11 is 0. The van der Waals surface area contributed by atoms with E-state index in [-0.39, 0.29) is 12.5 Å². The van der Waals surface area contributed by atoms with E-state index in [2.05, 4.69) is 25.4 Å². The lowest BCUT2D eigenvalue weighted by molar-refractivity contribution is -0.147. The van der Waals surface area contributed by atoms with Crippen LogP contribution in [0.2, 0.25) is 0 Å². The Morgan fingerprint density at radius 3 is 1.90 bits per heavy atom. The van der Waals surface area contributed by atoms with Crippen LogP contribution in [0.5, 0.6) is 0 Å². The second-order valence-corrected chi connectivity index (χ2v) is 8.36. The molecule has 1 unspecified atom stereocenters. The zero-order valence-corrected chi connectivity index (χ0v) is 20.2. The molecule has 0 aromatic rings. The molecule has 0 aliphatic carbocycles. The first-order chi connectivity index (χ1) is 15.0. The van der Waals surface area contributed by atoms with Crippen molar-refractivity contribution in [3.05, 3.63) is 24.8 Å². The van der Waals surface area contributed by atoms with Gasteiger partial charge in [-0.05, 0) is 12.0 Å². The Hall–Kier alpha value is -1.62. The van der Waals surface area contributed by atoms with Gasteiger partial charge in [-0.15, -0.1) is 0 Å². The molecule has 0 saturated heterocycles. The third kappa shape index (κ3) is 18.8. The largest absolute Gasteiger partial charge is 0.459 e. The van der Waals surface area contributed by atoms with Crippen LogP contribution in [-0.2, 0) is 19.1 Å². The molecule has 0 aromatic heterocycles. The summed E-state index contributed by atoms with van der Waals surface area (Å²) < 4.78 is 10.2. The molecule has 31 heavy (non-hydrogen) atoms. The third-order valence-corrected chi connectivity index (χ3v) is 5.43. The van der Waals surface area contributed by atoms with Crippen LogP contribution in [0.25, 0.3) is 0 Å². The van der Waals surface area contributed by atoms with E-state index in [1.165, 1.54) is 70.6 Å². The molecule has 180 valence electrons. The molecule has 0 aliphatic rings. The number of esters is 1. The quantitative estimate of drug-likeness (QED) is 0.123. The maximum Gasteiger partial charge on any atom is 0.329 e. The average molecular weight is 438 g/mol. The van der Waals surface area contributed by atoms with Crippen molar-refractivity contribution < 1.29 is 19.1 Å². The Bertz CT molecular complexity index is 490. The van der Waals surface area contributed by atoms with Crippen molar-refractivity contribution in [3.8, 4) is 0 Å². The Morgan fingerprint density at radius 1 is 0.903 bits per heavy atom. The summed E-state index contributed by atoms with van der Waals surface area (Å²) in [5, 5.41) is 2.79. The van der Waals surface area contributed by atoms with Crippen molar-refractivity contribution in [2.75, 3.05) is 20.3 Å². The lowest BCUT2D eigenvalue weighted by atomic mass is 10.0. The van der Waals surface area contributed by atoms with Gasteiger partial charge in [0.25, 0.3) is 0 Å². The average Bonchev–Trinajstić information content (AvgIpc) is 2.77. The van der Waals surface area contributed by atoms with Gasteiger partial charge in [-0.1, -0.05) is 103 Å². The maximum absolute atomic E-state index is 12.2. The molecule has 0 saturated carbocycles. The molecule has 0 aliphatic heterocycles. The highest BCUT2D eigenvalue weighted by Gasteiger charge is 2.21. The number of carbonyl (C=O) groups is 2. The standard InChI is InChI=1S/C26H47NO4/c1-5-7-8-9-10-11-12-13-14-15-16-17-18-19-25(28)27-24(20-21-30-4)26(29)31-22-23(3)6-2/h6,24H,2-3,5,7-22H2,1,4H3,(H,27,28). The van der Waals surface area contributed by atoms with E-state index in [1.54, 1.807) is 13.2 Å². The monoisotopic (exact) mass is 437 g/mol. The van der Waals surface area contributed by atoms with Gasteiger partial charge in [0.2, 0.25) is 5.91 Å². The van der Waals surface area contributed by atoms with Gasteiger partial charge >= 0.3 is 5.97 Å². The van der Waals surface area contributed by atoms with Gasteiger partial charge in [-0.25, -0.2) is 4.79 Å². The molecule has 0 radical (unpaired) electrons. The third-order valence-electron chi connectivity index (χ3n) is 5.43. The summed E-state index contributed by atoms with van der Waals surface area (Å²) in [6.45, 7) is 10.0. The van der Waals surface area contributed by atoms with E-state index in [1.807, 2.05) is 0 Å². The van der Waals surface area contributed by atoms with E-state index in [9.17, 15) is 9.59 Å². The summed E-state index contributed by atoms with van der Waals surface area (Å²) in [6, 6.07) is -0.688. The second kappa shape index (κ2) is 21.6. The van der Waals surface area contributed by atoms with Crippen LogP contribution in [0, 0.1) is 0 Å². The Kier molecular flexibility index (Phi) is 20.5. The normalized spacial score (nSPS) is 11.7. The Morgan fingerprint density at radius 2 is 1.42 bits per heavy atom. The molecule has 0 rings (SSSR count). The molecule has 0 heterocycles. The molecule has 1 amide bonds. The van der Waals surface area contributed by atoms with Gasteiger partial charge in [0.05, 0.1) is 0 Å². The zero-order chi connectivity index (χ0) is 23.2. The van der Waals surface area contributed by atoms with Crippen molar-refractivity contribution in [2.24, 2.45) is 0 Å². The first-order valence-electron chi connectivity index (χ1n) is 12.3. The number of carbonyl (C=O) groups excluding carboxylic acids is 2. The summed E-state index contributed by atoms with van der Waals surface area (Å²) in [5.41, 5.74) is 0.622. The highest BCUT2D eigenvalue weighted by atomic mass is 16.5. The number of unbranched alkanes of at least 4 members (excludes halogenated alkanes) is 12. The summed E-state index contributed by atoms with van der Waals surface area (Å²) in [7, 11) is 1.57. The number of hydrogen-bond acceptors (Lipinski definition) is 4. The molecule has 0 spiro atoms. The molecule has 5 heteroatoms. The molecular weight excluding hydrogens is 390 g/mol. The fraction of sp³-hybridized carbons (Fsp3) is 0.769. The topological polar surface area (TPSA) is 64.6 Å². The van der Waals surface area contributed by atoms with E-state index < -0.39 is 12.0 Å². The van der Waals surface area contributed by atoms with Crippen LogP contribution in [0.4, 0.5) is 0 Å². The molecule has 0 fully saturated rings. The van der Waals surface area contributed by atoms with Crippen LogP contribution in [0.3, 0.4) is 0 Å². The number of ether oxygens (including phenoxy) is 2. The minimum Gasteiger partial charge on any atom is -0.459 e. The summed E-state index contributed by atoms with van der Waals surface area (Å²) in [5.74, 6) is -0.567. The minimum absolute atomic E-state index is 0.0839.